The van der Waals surface area contributed by atoms with Crippen LogP contribution in [0.25, 0.3) is 10.9 Å². The molecular weight excluding hydrogens is 292 g/mol. The van der Waals surface area contributed by atoms with Gasteiger partial charge in [0.25, 0.3) is 5.91 Å². The molecule has 0 unspecified atom stereocenters. The predicted molar refractivity (Wildman–Crippen MR) is 84.7 cm³/mol. The summed E-state index contributed by atoms with van der Waals surface area (Å²) in [7, 11) is 1.53. The summed E-state index contributed by atoms with van der Waals surface area (Å²) in [5, 5.41) is 6.01. The van der Waals surface area contributed by atoms with Crippen LogP contribution in [0.4, 0.5) is 0 Å². The standard InChI is InChI=1S/C14H18N4O2.ClH/c1-16-13(19)8-18-14(20)9-2-3-12-11(6-9)10(4-5-15)7-17-12;/h2-3,6-7,17H,4-5,8,15H2,1H3,(H,16,19)(H,18,20);1H. The molecule has 0 aliphatic heterocycles. The van der Waals surface area contributed by atoms with Crippen LogP contribution in [0, 0.1) is 0 Å². The fourth-order valence-corrected chi connectivity index (χ4v) is 2.03. The van der Waals surface area contributed by atoms with Crippen molar-refractivity contribution in [3.05, 3.63) is 35.5 Å². The molecule has 1 aromatic heterocycles. The van der Waals surface area contributed by atoms with Crippen molar-refractivity contribution < 1.29 is 9.59 Å². The highest BCUT2D eigenvalue weighted by atomic mass is 35.5. The zero-order valence-corrected chi connectivity index (χ0v) is 12.5. The first kappa shape index (κ1) is 17.0. The van der Waals surface area contributed by atoms with Crippen molar-refractivity contribution in [2.24, 2.45) is 5.73 Å². The van der Waals surface area contributed by atoms with Crippen molar-refractivity contribution in [3.63, 3.8) is 0 Å². The van der Waals surface area contributed by atoms with Crippen LogP contribution in [-0.4, -0.2) is 36.9 Å². The van der Waals surface area contributed by atoms with Gasteiger partial charge in [-0.2, -0.15) is 0 Å². The summed E-state index contributed by atoms with van der Waals surface area (Å²) in [5.74, 6) is -0.500. The maximum Gasteiger partial charge on any atom is 0.251 e. The number of nitrogens with two attached hydrogens (primary N) is 1. The van der Waals surface area contributed by atoms with Crippen molar-refractivity contribution in [1.82, 2.24) is 15.6 Å². The van der Waals surface area contributed by atoms with Crippen LogP contribution in [-0.2, 0) is 11.2 Å². The molecular formula is C14H19ClN4O2. The van der Waals surface area contributed by atoms with Crippen molar-refractivity contribution in [3.8, 4) is 0 Å². The number of carbonyl (C=O) groups excluding carboxylic acids is 2. The van der Waals surface area contributed by atoms with Crippen LogP contribution >= 0.6 is 12.4 Å². The Hall–Kier alpha value is -2.05. The molecule has 5 N–H and O–H groups in total. The molecule has 7 heteroatoms. The minimum atomic E-state index is -0.268. The number of benzene rings is 1. The topological polar surface area (TPSA) is 100 Å². The molecule has 6 nitrogen and oxygen atoms in total. The molecule has 2 amide bonds. The van der Waals surface area contributed by atoms with Crippen molar-refractivity contribution in [2.45, 2.75) is 6.42 Å². The average Bonchev–Trinajstić information content (AvgIpc) is 2.87. The molecule has 0 aliphatic carbocycles. The largest absolute Gasteiger partial charge is 0.361 e. The number of fused-ring (bicyclic) bond motifs is 1. The molecule has 0 saturated carbocycles. The first-order valence-corrected chi connectivity index (χ1v) is 6.44. The molecule has 2 rings (SSSR count). The number of aromatic amines is 1. The second kappa shape index (κ2) is 7.66. The van der Waals surface area contributed by atoms with Gasteiger partial charge in [-0.15, -0.1) is 12.4 Å². The monoisotopic (exact) mass is 310 g/mol. The molecule has 0 spiro atoms. The lowest BCUT2D eigenvalue weighted by molar-refractivity contribution is -0.119. The highest BCUT2D eigenvalue weighted by Gasteiger charge is 2.10. The lowest BCUT2D eigenvalue weighted by atomic mass is 10.1. The predicted octanol–water partition coefficient (Wildman–Crippen LogP) is 0.567. The van der Waals surface area contributed by atoms with E-state index < -0.39 is 0 Å². The third kappa shape index (κ3) is 3.96. The van der Waals surface area contributed by atoms with Crippen LogP contribution in [0.1, 0.15) is 15.9 Å². The highest BCUT2D eigenvalue weighted by molar-refractivity contribution is 6.00. The third-order valence-corrected chi connectivity index (χ3v) is 3.13. The van der Waals surface area contributed by atoms with Gasteiger partial charge in [-0.3, -0.25) is 9.59 Å². The molecule has 2 aromatic rings. The SMILES string of the molecule is CNC(=O)CNC(=O)c1ccc2[nH]cc(CCN)c2c1.Cl. The molecule has 0 radical (unpaired) electrons. The molecule has 1 heterocycles. The van der Waals surface area contributed by atoms with E-state index >= 15 is 0 Å². The number of hydrogen-bond donors (Lipinski definition) is 4. The van der Waals surface area contributed by atoms with Gasteiger partial charge in [0.1, 0.15) is 0 Å². The van der Waals surface area contributed by atoms with Crippen molar-refractivity contribution >= 4 is 35.1 Å². The second-order valence-electron chi connectivity index (χ2n) is 4.47. The molecule has 0 fully saturated rings. The minimum absolute atomic E-state index is 0. The Morgan fingerprint density at radius 2 is 2.10 bits per heavy atom. The smallest absolute Gasteiger partial charge is 0.251 e. The van der Waals surface area contributed by atoms with E-state index in [1.54, 1.807) is 6.07 Å². The maximum absolute atomic E-state index is 12.0. The van der Waals surface area contributed by atoms with Crippen molar-refractivity contribution in [2.75, 3.05) is 20.1 Å². The fourth-order valence-electron chi connectivity index (χ4n) is 2.03. The lowest BCUT2D eigenvalue weighted by Gasteiger charge is -2.05. The Morgan fingerprint density at radius 3 is 2.76 bits per heavy atom. The summed E-state index contributed by atoms with van der Waals surface area (Å²) in [6.45, 7) is 0.524. The van der Waals surface area contributed by atoms with E-state index in [0.29, 0.717) is 12.1 Å². The van der Waals surface area contributed by atoms with Crippen LogP contribution in [0.2, 0.25) is 0 Å². The van der Waals surface area contributed by atoms with Gasteiger partial charge in [-0.25, -0.2) is 0 Å². The third-order valence-electron chi connectivity index (χ3n) is 3.13. The number of carbonyl (C=O) groups is 2. The van der Waals surface area contributed by atoms with Gasteiger partial charge in [0.15, 0.2) is 0 Å². The zero-order valence-electron chi connectivity index (χ0n) is 11.7. The van der Waals surface area contributed by atoms with Gasteiger partial charge < -0.3 is 21.4 Å². The quantitative estimate of drug-likeness (QED) is 0.649. The number of amides is 2. The van der Waals surface area contributed by atoms with Gasteiger partial charge in [-0.1, -0.05) is 0 Å². The van der Waals surface area contributed by atoms with Gasteiger partial charge in [0, 0.05) is 29.7 Å². The van der Waals surface area contributed by atoms with Gasteiger partial charge in [0.2, 0.25) is 5.91 Å². The Kier molecular flexibility index (Phi) is 6.20. The van der Waals surface area contributed by atoms with Crippen LogP contribution < -0.4 is 16.4 Å². The number of H-pyrrole nitrogens is 1. The van der Waals surface area contributed by atoms with Crippen LogP contribution in [0.3, 0.4) is 0 Å². The lowest BCUT2D eigenvalue weighted by Crippen LogP contribution is -2.35. The van der Waals surface area contributed by atoms with E-state index in [2.05, 4.69) is 15.6 Å². The zero-order chi connectivity index (χ0) is 14.5. The molecule has 0 aliphatic rings. The molecule has 21 heavy (non-hydrogen) atoms. The Morgan fingerprint density at radius 1 is 1.33 bits per heavy atom. The number of rotatable bonds is 5. The summed E-state index contributed by atoms with van der Waals surface area (Å²) >= 11 is 0. The summed E-state index contributed by atoms with van der Waals surface area (Å²) in [6, 6.07) is 5.39. The summed E-state index contributed by atoms with van der Waals surface area (Å²) in [6.07, 6.45) is 2.66. The highest BCUT2D eigenvalue weighted by Crippen LogP contribution is 2.20. The fraction of sp³-hybridized carbons (Fsp3) is 0.286. The summed E-state index contributed by atoms with van der Waals surface area (Å²) in [4.78, 5) is 26.2. The van der Waals surface area contributed by atoms with Gasteiger partial charge >= 0.3 is 0 Å². The van der Waals surface area contributed by atoms with Crippen molar-refractivity contribution in [1.29, 1.82) is 0 Å². The van der Waals surface area contributed by atoms with E-state index in [9.17, 15) is 9.59 Å². The first-order chi connectivity index (χ1) is 9.65. The second-order valence-corrected chi connectivity index (χ2v) is 4.47. The Bertz CT molecular complexity index is 639. The molecule has 1 aromatic carbocycles. The van der Waals surface area contributed by atoms with E-state index in [4.69, 9.17) is 5.73 Å². The van der Waals surface area contributed by atoms with Crippen LogP contribution in [0.5, 0.6) is 0 Å². The number of nitrogens with one attached hydrogen (secondary N) is 3. The molecule has 114 valence electrons. The number of likely N-dealkylation sites (N-methyl/N-ethyl adjacent to an activating group) is 1. The van der Waals surface area contributed by atoms with E-state index in [1.807, 2.05) is 18.3 Å². The maximum atomic E-state index is 12.0. The molecule has 0 bridgehead atoms. The molecule has 0 saturated heterocycles. The number of halogens is 1. The van der Waals surface area contributed by atoms with Gasteiger partial charge in [0.05, 0.1) is 6.54 Å². The van der Waals surface area contributed by atoms with E-state index in [1.165, 1.54) is 7.05 Å². The number of hydrogen-bond acceptors (Lipinski definition) is 3. The van der Waals surface area contributed by atoms with Gasteiger partial charge in [-0.05, 0) is 36.7 Å². The summed E-state index contributed by atoms with van der Waals surface area (Å²) in [5.41, 5.74) is 8.15. The Balaban J connectivity index is 0.00000220. The Labute approximate surface area is 128 Å². The summed E-state index contributed by atoms with van der Waals surface area (Å²) < 4.78 is 0. The normalized spacial score (nSPS) is 10.0. The average molecular weight is 311 g/mol. The van der Waals surface area contributed by atoms with E-state index in [-0.39, 0.29) is 30.8 Å². The first-order valence-electron chi connectivity index (χ1n) is 6.44. The van der Waals surface area contributed by atoms with Crippen LogP contribution in [0.15, 0.2) is 24.4 Å². The molecule has 0 atom stereocenters. The van der Waals surface area contributed by atoms with E-state index in [0.717, 1.165) is 22.9 Å². The minimum Gasteiger partial charge on any atom is -0.361 e. The number of aromatic nitrogens is 1.